The van der Waals surface area contributed by atoms with Gasteiger partial charge in [-0.15, -0.1) is 24.8 Å². The molecule has 0 saturated carbocycles. The minimum Gasteiger partial charge on any atom is -0.356 e. The molecular weight excluding hydrogens is 465 g/mol. The van der Waals surface area contributed by atoms with Gasteiger partial charge in [0.1, 0.15) is 0 Å². The fourth-order valence-electron chi connectivity index (χ4n) is 5.04. The molecule has 0 atom stereocenters. The second-order valence-corrected chi connectivity index (χ2v) is 9.79. The molecule has 4 nitrogen and oxygen atoms in total. The van der Waals surface area contributed by atoms with Crippen LogP contribution in [0.5, 0.6) is 0 Å². The molecule has 4 rings (SSSR count). The molecular formula is C28H41Cl2N3O. The zero-order chi connectivity index (χ0) is 22.3. The highest BCUT2D eigenvalue weighted by Crippen LogP contribution is 2.30. The topological polar surface area (TPSA) is 32.5 Å². The minimum atomic E-state index is 0. The number of aryl methyl sites for hydroxylation is 2. The predicted molar refractivity (Wildman–Crippen MR) is 147 cm³/mol. The van der Waals surface area contributed by atoms with Gasteiger partial charge >= 0.3 is 0 Å². The summed E-state index contributed by atoms with van der Waals surface area (Å²) in [5.74, 6) is 0.791. The molecule has 0 radical (unpaired) electrons. The lowest BCUT2D eigenvalue weighted by atomic mass is 9.90. The highest BCUT2D eigenvalue weighted by Gasteiger charge is 2.21. The molecule has 0 spiro atoms. The van der Waals surface area contributed by atoms with Crippen LogP contribution in [0.15, 0.2) is 47.0 Å². The van der Waals surface area contributed by atoms with Crippen LogP contribution in [0.1, 0.15) is 61.4 Å². The summed E-state index contributed by atoms with van der Waals surface area (Å²) in [5.41, 5.74) is 6.33. The van der Waals surface area contributed by atoms with E-state index >= 15 is 0 Å². The first-order valence-corrected chi connectivity index (χ1v) is 12.4. The maximum atomic E-state index is 5.94. The number of hydrogen-bond acceptors (Lipinski definition) is 4. The van der Waals surface area contributed by atoms with Crippen LogP contribution < -0.4 is 0 Å². The Hall–Kier alpha value is -1.59. The van der Waals surface area contributed by atoms with Crippen LogP contribution in [0, 0.1) is 5.92 Å². The lowest BCUT2D eigenvalue weighted by molar-refractivity contribution is 0.172. The molecule has 188 valence electrons. The molecule has 2 aromatic carbocycles. The molecule has 1 aliphatic heterocycles. The number of aromatic nitrogens is 1. The molecule has 2 heterocycles. The van der Waals surface area contributed by atoms with Gasteiger partial charge in [-0.3, -0.25) is 4.90 Å². The van der Waals surface area contributed by atoms with Gasteiger partial charge in [0.15, 0.2) is 5.58 Å². The molecule has 1 aromatic heterocycles. The van der Waals surface area contributed by atoms with Crippen LogP contribution in [-0.4, -0.2) is 42.1 Å². The number of fused-ring (bicyclic) bond motifs is 1. The van der Waals surface area contributed by atoms with Crippen molar-refractivity contribution in [2.45, 2.75) is 65.0 Å². The standard InChI is InChI=1S/C28H39N3O.2ClH/c1-4-5-11-24-13-14-25-27(29-32-28(25)26(24)21-30(2)3)15-12-22-16-18-31(19-17-22)20-23-9-7-6-8-10-23;;/h6-10,13-14,22H,4-5,11-12,15-21H2,1-3H3;2*1H. The molecule has 1 fully saturated rings. The van der Waals surface area contributed by atoms with Crippen LogP contribution in [0.25, 0.3) is 11.0 Å². The van der Waals surface area contributed by atoms with Crippen LogP contribution in [0.2, 0.25) is 0 Å². The van der Waals surface area contributed by atoms with Gasteiger partial charge < -0.3 is 9.42 Å². The van der Waals surface area contributed by atoms with Gasteiger partial charge in [0.25, 0.3) is 0 Å². The van der Waals surface area contributed by atoms with E-state index in [9.17, 15) is 0 Å². The van der Waals surface area contributed by atoms with Crippen molar-refractivity contribution in [2.75, 3.05) is 27.2 Å². The average Bonchev–Trinajstić information content (AvgIpc) is 3.22. The number of benzene rings is 2. The van der Waals surface area contributed by atoms with Crippen LogP contribution >= 0.6 is 24.8 Å². The van der Waals surface area contributed by atoms with Gasteiger partial charge in [0.05, 0.1) is 5.69 Å². The van der Waals surface area contributed by atoms with Crippen molar-refractivity contribution in [1.82, 2.24) is 15.0 Å². The monoisotopic (exact) mass is 505 g/mol. The number of likely N-dealkylation sites (tertiary alicyclic amines) is 1. The Labute approximate surface area is 217 Å². The maximum absolute atomic E-state index is 5.94. The SMILES string of the molecule is CCCCc1ccc2c(CCC3CCN(Cc4ccccc4)CC3)noc2c1CN(C)C.Cl.Cl. The second kappa shape index (κ2) is 14.1. The molecule has 0 unspecified atom stereocenters. The molecule has 3 aromatic rings. The largest absolute Gasteiger partial charge is 0.356 e. The van der Waals surface area contributed by atoms with E-state index in [0.29, 0.717) is 0 Å². The quantitative estimate of drug-likeness (QED) is 0.299. The normalized spacial score (nSPS) is 14.8. The summed E-state index contributed by atoms with van der Waals surface area (Å²) in [4.78, 5) is 4.83. The molecule has 0 N–H and O–H groups in total. The van der Waals surface area contributed by atoms with Crippen molar-refractivity contribution in [3.8, 4) is 0 Å². The van der Waals surface area contributed by atoms with Crippen LogP contribution in [0.4, 0.5) is 0 Å². The van der Waals surface area contributed by atoms with E-state index < -0.39 is 0 Å². The van der Waals surface area contributed by atoms with E-state index in [4.69, 9.17) is 4.52 Å². The van der Waals surface area contributed by atoms with Gasteiger partial charge in [0, 0.05) is 24.0 Å². The van der Waals surface area contributed by atoms with Crippen molar-refractivity contribution < 1.29 is 4.52 Å². The van der Waals surface area contributed by atoms with Crippen molar-refractivity contribution in [1.29, 1.82) is 0 Å². The summed E-state index contributed by atoms with van der Waals surface area (Å²) >= 11 is 0. The number of nitrogens with zero attached hydrogens (tertiary/aromatic N) is 3. The van der Waals surface area contributed by atoms with Crippen molar-refractivity contribution in [2.24, 2.45) is 5.92 Å². The van der Waals surface area contributed by atoms with Gasteiger partial charge in [-0.1, -0.05) is 54.9 Å². The minimum absolute atomic E-state index is 0. The van der Waals surface area contributed by atoms with Gasteiger partial charge in [-0.2, -0.15) is 0 Å². The number of hydrogen-bond donors (Lipinski definition) is 0. The summed E-state index contributed by atoms with van der Waals surface area (Å²) in [6, 6.07) is 15.4. The Morgan fingerprint density at radius 1 is 1.00 bits per heavy atom. The van der Waals surface area contributed by atoms with Crippen molar-refractivity contribution in [3.63, 3.8) is 0 Å². The Morgan fingerprint density at radius 2 is 1.74 bits per heavy atom. The third kappa shape index (κ3) is 7.45. The maximum Gasteiger partial charge on any atom is 0.171 e. The smallest absolute Gasteiger partial charge is 0.171 e. The Morgan fingerprint density at radius 3 is 2.41 bits per heavy atom. The van der Waals surface area contributed by atoms with Gasteiger partial charge in [-0.25, -0.2) is 0 Å². The first-order chi connectivity index (χ1) is 15.6. The highest BCUT2D eigenvalue weighted by molar-refractivity contribution is 5.85. The number of piperidine rings is 1. The summed E-state index contributed by atoms with van der Waals surface area (Å²) in [7, 11) is 4.26. The molecule has 6 heteroatoms. The number of unbranched alkanes of at least 4 members (excludes halogenated alkanes) is 1. The lowest BCUT2D eigenvalue weighted by Gasteiger charge is -2.32. The Bertz CT molecular complexity index is 982. The van der Waals surface area contributed by atoms with E-state index in [0.717, 1.165) is 43.1 Å². The summed E-state index contributed by atoms with van der Waals surface area (Å²) in [6.07, 6.45) is 8.35. The average molecular weight is 507 g/mol. The molecule has 1 aliphatic rings. The highest BCUT2D eigenvalue weighted by atomic mass is 35.5. The molecule has 0 bridgehead atoms. The summed E-state index contributed by atoms with van der Waals surface area (Å²) in [5, 5.41) is 5.76. The van der Waals surface area contributed by atoms with E-state index in [-0.39, 0.29) is 24.8 Å². The van der Waals surface area contributed by atoms with E-state index in [1.807, 2.05) is 0 Å². The molecule has 0 amide bonds. The first kappa shape index (κ1) is 28.6. The first-order valence-electron chi connectivity index (χ1n) is 12.4. The zero-order valence-electron chi connectivity index (χ0n) is 21.0. The third-order valence-corrected chi connectivity index (χ3v) is 6.94. The van der Waals surface area contributed by atoms with Crippen LogP contribution in [-0.2, 0) is 25.9 Å². The Balaban J connectivity index is 0.00000204. The van der Waals surface area contributed by atoms with Crippen molar-refractivity contribution >= 4 is 35.8 Å². The molecule has 0 aliphatic carbocycles. The predicted octanol–water partition coefficient (Wildman–Crippen LogP) is 6.92. The summed E-state index contributed by atoms with van der Waals surface area (Å²) in [6.45, 7) is 6.64. The number of rotatable bonds is 10. The van der Waals surface area contributed by atoms with E-state index in [1.54, 1.807) is 0 Å². The zero-order valence-corrected chi connectivity index (χ0v) is 22.6. The fraction of sp³-hybridized carbons (Fsp3) is 0.536. The fourth-order valence-corrected chi connectivity index (χ4v) is 5.04. The van der Waals surface area contributed by atoms with Crippen molar-refractivity contribution in [3.05, 3.63) is 64.8 Å². The molecule has 1 saturated heterocycles. The van der Waals surface area contributed by atoms with E-state index in [2.05, 4.69) is 78.4 Å². The second-order valence-electron chi connectivity index (χ2n) is 9.79. The lowest BCUT2D eigenvalue weighted by Crippen LogP contribution is -2.33. The van der Waals surface area contributed by atoms with E-state index in [1.165, 1.54) is 67.3 Å². The number of halogens is 2. The third-order valence-electron chi connectivity index (χ3n) is 6.94. The summed E-state index contributed by atoms with van der Waals surface area (Å²) < 4.78 is 5.94. The Kier molecular flexibility index (Phi) is 11.9. The van der Waals surface area contributed by atoms with Gasteiger partial charge in [0.2, 0.25) is 0 Å². The van der Waals surface area contributed by atoms with Gasteiger partial charge in [-0.05, 0) is 88.8 Å². The molecule has 34 heavy (non-hydrogen) atoms. The van der Waals surface area contributed by atoms with Crippen LogP contribution in [0.3, 0.4) is 0 Å².